The lowest BCUT2D eigenvalue weighted by atomic mass is 10.0. The summed E-state index contributed by atoms with van der Waals surface area (Å²) in [7, 11) is 1.63. The van der Waals surface area contributed by atoms with Crippen LogP contribution in [0.25, 0.3) is 6.08 Å². The van der Waals surface area contributed by atoms with Crippen LogP contribution in [0.4, 0.5) is 5.82 Å². The molecule has 1 aromatic carbocycles. The fraction of sp³-hybridized carbons (Fsp3) is 0.429. The topological polar surface area (TPSA) is 81.8 Å². The number of thiocarbonyl (C=S) groups is 1. The van der Waals surface area contributed by atoms with Gasteiger partial charge in [-0.3, -0.25) is 19.1 Å². The fourth-order valence-electron chi connectivity index (χ4n) is 4.91. The number of nitrogens with zero attached hydrogens (tertiary/aromatic N) is 5. The highest BCUT2D eigenvalue weighted by Gasteiger charge is 2.33. The van der Waals surface area contributed by atoms with E-state index in [4.69, 9.17) is 17.0 Å². The first-order valence-corrected chi connectivity index (χ1v) is 14.1. The summed E-state index contributed by atoms with van der Waals surface area (Å²) in [5, 5.41) is 9.81. The smallest absolute Gasteiger partial charge is 0.270 e. The minimum atomic E-state index is -0.287. The summed E-state index contributed by atoms with van der Waals surface area (Å²) in [6.45, 7) is 11.0. The van der Waals surface area contributed by atoms with Crippen LogP contribution in [-0.4, -0.2) is 71.0 Å². The molecule has 8 nitrogen and oxygen atoms in total. The summed E-state index contributed by atoms with van der Waals surface area (Å²) in [6, 6.07) is 9.87. The van der Waals surface area contributed by atoms with Gasteiger partial charge in [0, 0.05) is 44.8 Å². The number of pyridine rings is 1. The monoisotopic (exact) mass is 551 g/mol. The van der Waals surface area contributed by atoms with E-state index in [0.717, 1.165) is 55.4 Å². The summed E-state index contributed by atoms with van der Waals surface area (Å²) in [5.74, 6) is 1.41. The zero-order valence-electron chi connectivity index (χ0n) is 22.3. The van der Waals surface area contributed by atoms with Crippen molar-refractivity contribution in [3.05, 3.63) is 61.8 Å². The molecule has 3 heterocycles. The molecule has 0 saturated carbocycles. The Bertz CT molecular complexity index is 1350. The standard InChI is InChI=1S/C28H33N5O3S2/c1-5-30-13-15-31(16-14-30)25-22(19(3)23(18-29)26(34)32(25)6-2)17-24-27(35)33(28(37)38-24)12-11-20-7-9-21(36-4)10-8-20/h7-10,17H,5-6,11-16H2,1-4H3/b24-17-. The first kappa shape index (κ1) is 27.9. The van der Waals surface area contributed by atoms with Crippen molar-refractivity contribution in [3.63, 3.8) is 0 Å². The van der Waals surface area contributed by atoms with Crippen LogP contribution in [0.5, 0.6) is 5.75 Å². The third-order valence-electron chi connectivity index (χ3n) is 7.21. The van der Waals surface area contributed by atoms with Crippen molar-refractivity contribution in [1.82, 2.24) is 14.4 Å². The fourth-order valence-corrected chi connectivity index (χ4v) is 6.20. The highest BCUT2D eigenvalue weighted by molar-refractivity contribution is 8.26. The van der Waals surface area contributed by atoms with Gasteiger partial charge in [-0.05, 0) is 56.1 Å². The van der Waals surface area contributed by atoms with Crippen molar-refractivity contribution in [2.24, 2.45) is 0 Å². The van der Waals surface area contributed by atoms with Crippen LogP contribution in [-0.2, 0) is 17.8 Å². The van der Waals surface area contributed by atoms with Crippen LogP contribution in [0.2, 0.25) is 0 Å². The normalized spacial score (nSPS) is 17.4. The predicted molar refractivity (Wildman–Crippen MR) is 157 cm³/mol. The summed E-state index contributed by atoms with van der Waals surface area (Å²) in [5.41, 5.74) is 2.25. The number of methoxy groups -OCH3 is 1. The van der Waals surface area contributed by atoms with Crippen molar-refractivity contribution in [1.29, 1.82) is 5.26 Å². The maximum atomic E-state index is 13.5. The van der Waals surface area contributed by atoms with Gasteiger partial charge in [0.2, 0.25) is 0 Å². The van der Waals surface area contributed by atoms with Crippen molar-refractivity contribution >= 4 is 46.1 Å². The average molecular weight is 552 g/mol. The third kappa shape index (κ3) is 5.51. The highest BCUT2D eigenvalue weighted by atomic mass is 32.2. The number of amides is 1. The van der Waals surface area contributed by atoms with Crippen LogP contribution in [0.1, 0.15) is 36.1 Å². The van der Waals surface area contributed by atoms with Crippen LogP contribution < -0.4 is 15.2 Å². The Morgan fingerprint density at radius 2 is 1.79 bits per heavy atom. The van der Waals surface area contributed by atoms with E-state index in [9.17, 15) is 14.9 Å². The van der Waals surface area contributed by atoms with Gasteiger partial charge in [-0.15, -0.1) is 0 Å². The molecule has 0 N–H and O–H groups in total. The largest absolute Gasteiger partial charge is 0.497 e. The minimum Gasteiger partial charge on any atom is -0.497 e. The lowest BCUT2D eigenvalue weighted by Crippen LogP contribution is -2.48. The van der Waals surface area contributed by atoms with Crippen LogP contribution >= 0.6 is 24.0 Å². The van der Waals surface area contributed by atoms with Gasteiger partial charge in [-0.2, -0.15) is 5.26 Å². The second kappa shape index (κ2) is 12.2. The third-order valence-corrected chi connectivity index (χ3v) is 8.59. The number of benzene rings is 1. The Hall–Kier alpha value is -3.13. The Morgan fingerprint density at radius 3 is 2.37 bits per heavy atom. The summed E-state index contributed by atoms with van der Waals surface area (Å²) in [4.78, 5) is 33.4. The second-order valence-electron chi connectivity index (χ2n) is 9.25. The van der Waals surface area contributed by atoms with Gasteiger partial charge in [0.25, 0.3) is 11.5 Å². The molecule has 1 aromatic heterocycles. The number of nitriles is 1. The maximum Gasteiger partial charge on any atom is 0.270 e. The van der Waals surface area contributed by atoms with Crippen LogP contribution in [0, 0.1) is 18.3 Å². The van der Waals surface area contributed by atoms with Gasteiger partial charge in [0.05, 0.1) is 12.0 Å². The number of carbonyl (C=O) groups is 1. The van der Waals surface area contributed by atoms with E-state index in [0.29, 0.717) is 34.3 Å². The molecule has 2 fully saturated rings. The minimum absolute atomic E-state index is 0.115. The molecule has 200 valence electrons. The first-order chi connectivity index (χ1) is 18.3. The van der Waals surface area contributed by atoms with E-state index in [1.165, 1.54) is 11.8 Å². The molecular formula is C28H33N5O3S2. The molecular weight excluding hydrogens is 518 g/mol. The molecule has 2 aromatic rings. The number of thioether (sulfide) groups is 1. The molecule has 4 rings (SSSR count). The van der Waals surface area contributed by atoms with E-state index in [2.05, 4.69) is 22.8 Å². The van der Waals surface area contributed by atoms with Crippen molar-refractivity contribution in [3.8, 4) is 11.8 Å². The number of ether oxygens (including phenoxy) is 1. The molecule has 2 aliphatic rings. The predicted octanol–water partition coefficient (Wildman–Crippen LogP) is 3.64. The number of rotatable bonds is 8. The second-order valence-corrected chi connectivity index (χ2v) is 10.9. The molecule has 2 saturated heterocycles. The van der Waals surface area contributed by atoms with E-state index in [-0.39, 0.29) is 17.0 Å². The molecule has 0 unspecified atom stereocenters. The number of hydrogen-bond acceptors (Lipinski definition) is 8. The lowest BCUT2D eigenvalue weighted by Gasteiger charge is -2.37. The highest BCUT2D eigenvalue weighted by Crippen LogP contribution is 2.36. The van der Waals surface area contributed by atoms with Gasteiger partial charge >= 0.3 is 0 Å². The zero-order chi connectivity index (χ0) is 27.4. The van der Waals surface area contributed by atoms with E-state index in [1.807, 2.05) is 37.3 Å². The molecule has 0 aliphatic carbocycles. The van der Waals surface area contributed by atoms with Crippen molar-refractivity contribution < 1.29 is 9.53 Å². The molecule has 38 heavy (non-hydrogen) atoms. The number of piperazine rings is 1. The SMILES string of the molecule is CCN1CCN(c2c(/C=C3\SC(=S)N(CCc4ccc(OC)cc4)C3=O)c(C)c(C#N)c(=O)n2CC)CC1. The summed E-state index contributed by atoms with van der Waals surface area (Å²) < 4.78 is 7.40. The van der Waals surface area contributed by atoms with Crippen LogP contribution in [0.3, 0.4) is 0 Å². The van der Waals surface area contributed by atoms with Gasteiger partial charge in [0.15, 0.2) is 0 Å². The van der Waals surface area contributed by atoms with E-state index in [1.54, 1.807) is 23.5 Å². The number of hydrogen-bond donors (Lipinski definition) is 0. The van der Waals surface area contributed by atoms with Gasteiger partial charge in [0.1, 0.15) is 27.5 Å². The van der Waals surface area contributed by atoms with Gasteiger partial charge in [-0.1, -0.05) is 43.0 Å². The Morgan fingerprint density at radius 1 is 1.11 bits per heavy atom. The number of carbonyl (C=O) groups excluding carboxylic acids is 1. The quantitative estimate of drug-likeness (QED) is 0.363. The van der Waals surface area contributed by atoms with E-state index < -0.39 is 0 Å². The number of likely N-dealkylation sites (N-methyl/N-ethyl adjacent to an activating group) is 1. The van der Waals surface area contributed by atoms with Crippen molar-refractivity contribution in [2.45, 2.75) is 33.7 Å². The molecule has 2 aliphatic heterocycles. The average Bonchev–Trinajstić information content (AvgIpc) is 3.20. The maximum absolute atomic E-state index is 13.5. The molecule has 10 heteroatoms. The Kier molecular flexibility index (Phi) is 8.92. The first-order valence-electron chi connectivity index (χ1n) is 12.9. The lowest BCUT2D eigenvalue weighted by molar-refractivity contribution is -0.122. The van der Waals surface area contributed by atoms with E-state index >= 15 is 0 Å². The molecule has 0 bridgehead atoms. The Labute approximate surface area is 233 Å². The molecule has 0 radical (unpaired) electrons. The van der Waals surface area contributed by atoms with Crippen molar-refractivity contribution in [2.75, 3.05) is 51.3 Å². The summed E-state index contributed by atoms with van der Waals surface area (Å²) in [6.07, 6.45) is 2.49. The molecule has 0 atom stereocenters. The number of anilines is 1. The number of aromatic nitrogens is 1. The molecule has 1 amide bonds. The zero-order valence-corrected chi connectivity index (χ0v) is 24.0. The Balaban J connectivity index is 1.68. The van der Waals surface area contributed by atoms with Gasteiger partial charge < -0.3 is 14.5 Å². The van der Waals surface area contributed by atoms with Crippen LogP contribution in [0.15, 0.2) is 34.0 Å². The molecule has 0 spiro atoms. The summed E-state index contributed by atoms with van der Waals surface area (Å²) >= 11 is 6.85. The van der Waals surface area contributed by atoms with Gasteiger partial charge in [-0.25, -0.2) is 0 Å².